The van der Waals surface area contributed by atoms with Crippen LogP contribution in [0.1, 0.15) is 45.4 Å². The molecule has 1 unspecified atom stereocenters. The van der Waals surface area contributed by atoms with Crippen LogP contribution in [-0.4, -0.2) is 47.2 Å². The molecule has 0 aliphatic carbocycles. The van der Waals surface area contributed by atoms with E-state index in [4.69, 9.17) is 5.41 Å². The highest BCUT2D eigenvalue weighted by Gasteiger charge is 2.29. The smallest absolute Gasteiger partial charge is 0.245 e. The second-order valence-corrected chi connectivity index (χ2v) is 5.16. The van der Waals surface area contributed by atoms with E-state index in [1.165, 1.54) is 6.42 Å². The van der Waals surface area contributed by atoms with E-state index in [0.29, 0.717) is 5.84 Å². The summed E-state index contributed by atoms with van der Waals surface area (Å²) in [5, 5.41) is 7.94. The topological polar surface area (TPSA) is 47.4 Å². The maximum absolute atomic E-state index is 12.3. The Hall–Kier alpha value is -1.06. The monoisotopic (exact) mass is 237 g/mol. The molecule has 17 heavy (non-hydrogen) atoms. The van der Waals surface area contributed by atoms with E-state index in [1.807, 2.05) is 16.7 Å². The molecule has 1 amide bonds. The number of nitrogens with one attached hydrogen (secondary N) is 1. The van der Waals surface area contributed by atoms with Gasteiger partial charge in [-0.2, -0.15) is 0 Å². The molecule has 0 saturated carbocycles. The van der Waals surface area contributed by atoms with Crippen molar-refractivity contribution in [2.24, 2.45) is 0 Å². The summed E-state index contributed by atoms with van der Waals surface area (Å²) in [6.45, 7) is 4.64. The minimum atomic E-state index is -0.138. The van der Waals surface area contributed by atoms with Gasteiger partial charge in [0.2, 0.25) is 5.91 Å². The largest absolute Gasteiger partial charge is 0.349 e. The molecule has 0 aromatic rings. The molecule has 1 N–H and O–H groups in total. The zero-order chi connectivity index (χ0) is 12.3. The van der Waals surface area contributed by atoms with Crippen LogP contribution in [0.25, 0.3) is 0 Å². The predicted octanol–water partition coefficient (Wildman–Crippen LogP) is 1.85. The van der Waals surface area contributed by atoms with Gasteiger partial charge in [0.15, 0.2) is 0 Å². The zero-order valence-electron chi connectivity index (χ0n) is 10.7. The van der Waals surface area contributed by atoms with Crippen LogP contribution in [0.2, 0.25) is 0 Å². The van der Waals surface area contributed by atoms with Crippen molar-refractivity contribution in [3.8, 4) is 0 Å². The maximum atomic E-state index is 12.3. The van der Waals surface area contributed by atoms with Crippen LogP contribution in [0.4, 0.5) is 0 Å². The fraction of sp³-hybridized carbons (Fsp3) is 0.846. The quantitative estimate of drug-likeness (QED) is 0.796. The van der Waals surface area contributed by atoms with Gasteiger partial charge >= 0.3 is 0 Å². The molecule has 2 rings (SSSR count). The maximum Gasteiger partial charge on any atom is 0.245 e. The third kappa shape index (κ3) is 2.79. The molecule has 0 aromatic heterocycles. The number of carbonyl (C=O) groups is 1. The van der Waals surface area contributed by atoms with Crippen LogP contribution in [0.3, 0.4) is 0 Å². The Morgan fingerprint density at radius 3 is 2.41 bits per heavy atom. The van der Waals surface area contributed by atoms with E-state index < -0.39 is 0 Å². The van der Waals surface area contributed by atoms with Crippen LogP contribution in [0.5, 0.6) is 0 Å². The van der Waals surface area contributed by atoms with Crippen LogP contribution < -0.4 is 0 Å². The van der Waals surface area contributed by atoms with Crippen molar-refractivity contribution < 1.29 is 4.79 Å². The predicted molar refractivity (Wildman–Crippen MR) is 68.2 cm³/mol. The summed E-state index contributed by atoms with van der Waals surface area (Å²) < 4.78 is 0. The first-order valence-electron chi connectivity index (χ1n) is 6.83. The lowest BCUT2D eigenvalue weighted by molar-refractivity contribution is -0.136. The Bertz CT molecular complexity index is 297. The van der Waals surface area contributed by atoms with E-state index in [0.717, 1.165) is 51.7 Å². The third-order valence-electron chi connectivity index (χ3n) is 3.90. The van der Waals surface area contributed by atoms with Crippen molar-refractivity contribution in [3.05, 3.63) is 0 Å². The van der Waals surface area contributed by atoms with Crippen LogP contribution in [0.15, 0.2) is 0 Å². The number of piperidine rings is 2. The summed E-state index contributed by atoms with van der Waals surface area (Å²) in [7, 11) is 0. The first kappa shape index (κ1) is 12.4. The SMILES string of the molecule is CC(C(=O)N1CCCCC1)N1CCCCC1=N. The molecular formula is C13H23N3O. The van der Waals surface area contributed by atoms with Gasteiger partial charge in [-0.25, -0.2) is 0 Å². The van der Waals surface area contributed by atoms with Gasteiger partial charge in [0.05, 0.1) is 5.84 Å². The summed E-state index contributed by atoms with van der Waals surface area (Å²) in [5.41, 5.74) is 0. The van der Waals surface area contributed by atoms with Gasteiger partial charge in [0, 0.05) is 26.1 Å². The Balaban J connectivity index is 1.95. The fourth-order valence-corrected chi connectivity index (χ4v) is 2.79. The van der Waals surface area contributed by atoms with Gasteiger partial charge in [-0.3, -0.25) is 10.2 Å². The molecular weight excluding hydrogens is 214 g/mol. The third-order valence-corrected chi connectivity index (χ3v) is 3.90. The number of carbonyl (C=O) groups excluding carboxylic acids is 1. The van der Waals surface area contributed by atoms with Gasteiger partial charge in [-0.15, -0.1) is 0 Å². The molecule has 0 aromatic carbocycles. The Morgan fingerprint density at radius 2 is 1.76 bits per heavy atom. The first-order valence-corrected chi connectivity index (χ1v) is 6.83. The van der Waals surface area contributed by atoms with Crippen molar-refractivity contribution in [2.45, 2.75) is 51.5 Å². The molecule has 4 nitrogen and oxygen atoms in total. The average Bonchev–Trinajstić information content (AvgIpc) is 2.39. The number of amides is 1. The van der Waals surface area contributed by atoms with E-state index >= 15 is 0 Å². The minimum Gasteiger partial charge on any atom is -0.349 e. The number of nitrogens with zero attached hydrogens (tertiary/aromatic N) is 2. The first-order chi connectivity index (χ1) is 8.20. The normalized spacial score (nSPS) is 23.7. The molecule has 0 radical (unpaired) electrons. The standard InChI is InChI=1S/C13H23N3O/c1-11(16-10-6-3-7-12(16)14)13(17)15-8-4-2-5-9-15/h11,14H,2-10H2,1H3. The van der Waals surface area contributed by atoms with E-state index in [-0.39, 0.29) is 11.9 Å². The zero-order valence-corrected chi connectivity index (χ0v) is 10.7. The molecule has 2 aliphatic rings. The second kappa shape index (κ2) is 5.52. The van der Waals surface area contributed by atoms with Crippen molar-refractivity contribution in [2.75, 3.05) is 19.6 Å². The molecule has 4 heteroatoms. The summed E-state index contributed by atoms with van der Waals surface area (Å²) in [4.78, 5) is 16.3. The second-order valence-electron chi connectivity index (χ2n) is 5.16. The van der Waals surface area contributed by atoms with Crippen molar-refractivity contribution in [3.63, 3.8) is 0 Å². The summed E-state index contributed by atoms with van der Waals surface area (Å²) >= 11 is 0. The summed E-state index contributed by atoms with van der Waals surface area (Å²) in [5.74, 6) is 0.866. The van der Waals surface area contributed by atoms with Gasteiger partial charge < -0.3 is 9.80 Å². The van der Waals surface area contributed by atoms with Crippen molar-refractivity contribution in [1.82, 2.24) is 9.80 Å². The van der Waals surface area contributed by atoms with Gasteiger partial charge in [0.25, 0.3) is 0 Å². The Kier molecular flexibility index (Phi) is 4.02. The lowest BCUT2D eigenvalue weighted by Gasteiger charge is -2.37. The van der Waals surface area contributed by atoms with Gasteiger partial charge in [-0.1, -0.05) is 0 Å². The Labute approximate surface area is 103 Å². The van der Waals surface area contributed by atoms with E-state index in [9.17, 15) is 4.79 Å². The van der Waals surface area contributed by atoms with Crippen LogP contribution in [-0.2, 0) is 4.79 Å². The van der Waals surface area contributed by atoms with Gasteiger partial charge in [0.1, 0.15) is 6.04 Å². The van der Waals surface area contributed by atoms with Gasteiger partial charge in [-0.05, 0) is 39.0 Å². The highest BCUT2D eigenvalue weighted by atomic mass is 16.2. The molecule has 2 saturated heterocycles. The molecule has 0 bridgehead atoms. The fourth-order valence-electron chi connectivity index (χ4n) is 2.79. The Morgan fingerprint density at radius 1 is 1.12 bits per heavy atom. The summed E-state index contributed by atoms with van der Waals surface area (Å²) in [6.07, 6.45) is 6.56. The number of hydrogen-bond donors (Lipinski definition) is 1. The molecule has 2 fully saturated rings. The van der Waals surface area contributed by atoms with E-state index in [2.05, 4.69) is 0 Å². The van der Waals surface area contributed by atoms with Crippen molar-refractivity contribution >= 4 is 11.7 Å². The highest BCUT2D eigenvalue weighted by molar-refractivity contribution is 5.88. The molecule has 0 spiro atoms. The number of likely N-dealkylation sites (tertiary alicyclic amines) is 2. The minimum absolute atomic E-state index is 0.138. The van der Waals surface area contributed by atoms with E-state index in [1.54, 1.807) is 0 Å². The molecule has 2 aliphatic heterocycles. The van der Waals surface area contributed by atoms with Crippen LogP contribution >= 0.6 is 0 Å². The number of amidine groups is 1. The van der Waals surface area contributed by atoms with Crippen LogP contribution in [0, 0.1) is 5.41 Å². The lowest BCUT2D eigenvalue weighted by Crippen LogP contribution is -2.51. The van der Waals surface area contributed by atoms with Crippen molar-refractivity contribution in [1.29, 1.82) is 5.41 Å². The number of hydrogen-bond acceptors (Lipinski definition) is 2. The number of rotatable bonds is 2. The average molecular weight is 237 g/mol. The molecule has 2 heterocycles. The summed E-state index contributed by atoms with van der Waals surface area (Å²) in [6, 6.07) is -0.138. The lowest BCUT2D eigenvalue weighted by atomic mass is 10.1. The molecule has 1 atom stereocenters. The molecule has 96 valence electrons. The highest BCUT2D eigenvalue weighted by Crippen LogP contribution is 2.17.